The highest BCUT2D eigenvalue weighted by molar-refractivity contribution is 7.18. The molecule has 1 aliphatic heterocycles. The normalized spacial score (nSPS) is 16.8. The van der Waals surface area contributed by atoms with Crippen LogP contribution in [0.25, 0.3) is 10.2 Å². The van der Waals surface area contributed by atoms with E-state index in [1.165, 1.54) is 35.9 Å². The number of aromatic nitrogens is 2. The zero-order valence-corrected chi connectivity index (χ0v) is 12.2. The monoisotopic (exact) mass is 276 g/mol. The second-order valence-corrected chi connectivity index (χ2v) is 6.21. The van der Waals surface area contributed by atoms with Crippen molar-refractivity contribution in [2.75, 3.05) is 23.7 Å². The molecule has 2 N–H and O–H groups in total. The van der Waals surface area contributed by atoms with E-state index in [9.17, 15) is 0 Å². The van der Waals surface area contributed by atoms with Crippen LogP contribution in [-0.2, 0) is 6.42 Å². The maximum atomic E-state index is 5.88. The van der Waals surface area contributed by atoms with Gasteiger partial charge in [0.2, 0.25) is 5.95 Å². The van der Waals surface area contributed by atoms with Crippen LogP contribution in [0.2, 0.25) is 0 Å². The minimum absolute atomic E-state index is 0.399. The fourth-order valence-electron chi connectivity index (χ4n) is 2.67. The molecule has 3 heterocycles. The van der Waals surface area contributed by atoms with Gasteiger partial charge in [-0.3, -0.25) is 0 Å². The molecule has 0 saturated carbocycles. The topological polar surface area (TPSA) is 55.0 Å². The number of hydrogen-bond donors (Lipinski definition) is 1. The van der Waals surface area contributed by atoms with Gasteiger partial charge in [-0.15, -0.1) is 11.3 Å². The molecular formula is C14H20N4S. The molecule has 0 radical (unpaired) electrons. The lowest BCUT2D eigenvalue weighted by Gasteiger charge is -2.22. The molecule has 19 heavy (non-hydrogen) atoms. The number of hydrogen-bond acceptors (Lipinski definition) is 5. The van der Waals surface area contributed by atoms with Crippen molar-refractivity contribution in [3.8, 4) is 0 Å². The predicted octanol–water partition coefficient (Wildman–Crippen LogP) is 3.22. The third-order valence-corrected chi connectivity index (χ3v) is 4.87. The molecule has 4 nitrogen and oxygen atoms in total. The first-order valence-electron chi connectivity index (χ1n) is 7.09. The molecule has 2 aromatic heterocycles. The molecule has 2 aromatic rings. The first-order valence-corrected chi connectivity index (χ1v) is 7.90. The SMILES string of the molecule is CCc1cc2c(N3CCCCCC3)nc(N)nc2s1. The summed E-state index contributed by atoms with van der Waals surface area (Å²) in [5.74, 6) is 1.44. The van der Waals surface area contributed by atoms with Gasteiger partial charge in [0, 0.05) is 18.0 Å². The van der Waals surface area contributed by atoms with E-state index in [1.54, 1.807) is 11.3 Å². The fourth-order valence-corrected chi connectivity index (χ4v) is 3.64. The Labute approximate surface area is 117 Å². The number of aryl methyl sites for hydroxylation is 1. The Morgan fingerprint density at radius 2 is 1.95 bits per heavy atom. The highest BCUT2D eigenvalue weighted by atomic mass is 32.1. The summed E-state index contributed by atoms with van der Waals surface area (Å²) in [5, 5.41) is 1.18. The summed E-state index contributed by atoms with van der Waals surface area (Å²) < 4.78 is 0. The maximum Gasteiger partial charge on any atom is 0.223 e. The van der Waals surface area contributed by atoms with Crippen molar-refractivity contribution in [3.63, 3.8) is 0 Å². The van der Waals surface area contributed by atoms with Gasteiger partial charge in [-0.2, -0.15) is 4.98 Å². The molecule has 0 aromatic carbocycles. The van der Waals surface area contributed by atoms with Crippen LogP contribution >= 0.6 is 11.3 Å². The predicted molar refractivity (Wildman–Crippen MR) is 81.9 cm³/mol. The van der Waals surface area contributed by atoms with Gasteiger partial charge in [0.25, 0.3) is 0 Å². The Morgan fingerprint density at radius 3 is 2.63 bits per heavy atom. The van der Waals surface area contributed by atoms with Crippen LogP contribution in [0.15, 0.2) is 6.07 Å². The minimum atomic E-state index is 0.399. The van der Waals surface area contributed by atoms with Gasteiger partial charge in [0.15, 0.2) is 0 Å². The van der Waals surface area contributed by atoms with Crippen LogP contribution in [0.5, 0.6) is 0 Å². The average Bonchev–Trinajstić information content (AvgIpc) is 2.64. The summed E-state index contributed by atoms with van der Waals surface area (Å²) >= 11 is 1.74. The summed E-state index contributed by atoms with van der Waals surface area (Å²) in [7, 11) is 0. The van der Waals surface area contributed by atoms with E-state index in [0.717, 1.165) is 30.2 Å². The van der Waals surface area contributed by atoms with Crippen LogP contribution in [0, 0.1) is 0 Å². The Hall–Kier alpha value is -1.36. The van der Waals surface area contributed by atoms with Gasteiger partial charge in [0.05, 0.1) is 5.39 Å². The molecule has 3 rings (SSSR count). The Kier molecular flexibility index (Phi) is 3.55. The zero-order valence-electron chi connectivity index (χ0n) is 11.4. The first kappa shape index (κ1) is 12.7. The molecule has 1 fully saturated rings. The first-order chi connectivity index (χ1) is 9.28. The van der Waals surface area contributed by atoms with E-state index >= 15 is 0 Å². The van der Waals surface area contributed by atoms with Crippen LogP contribution < -0.4 is 10.6 Å². The number of fused-ring (bicyclic) bond motifs is 1. The van der Waals surface area contributed by atoms with Gasteiger partial charge in [0.1, 0.15) is 10.6 Å². The molecule has 0 unspecified atom stereocenters. The number of thiophene rings is 1. The molecule has 1 saturated heterocycles. The lowest BCUT2D eigenvalue weighted by molar-refractivity contribution is 0.726. The maximum absolute atomic E-state index is 5.88. The Bertz CT molecular complexity index is 570. The molecule has 102 valence electrons. The Balaban J connectivity index is 2.07. The largest absolute Gasteiger partial charge is 0.368 e. The molecule has 5 heteroatoms. The van der Waals surface area contributed by atoms with Crippen molar-refractivity contribution in [3.05, 3.63) is 10.9 Å². The minimum Gasteiger partial charge on any atom is -0.368 e. The highest BCUT2D eigenvalue weighted by Gasteiger charge is 2.17. The summed E-state index contributed by atoms with van der Waals surface area (Å²) in [6, 6.07) is 2.24. The standard InChI is InChI=1S/C14H20N4S/c1-2-10-9-11-12(16-14(15)17-13(11)19-10)18-7-5-3-4-6-8-18/h9H,2-8H2,1H3,(H2,15,16,17). The van der Waals surface area contributed by atoms with Crippen molar-refractivity contribution in [1.82, 2.24) is 9.97 Å². The number of nitrogen functional groups attached to an aromatic ring is 1. The zero-order chi connectivity index (χ0) is 13.2. The molecule has 0 bridgehead atoms. The number of nitrogens with zero attached hydrogens (tertiary/aromatic N) is 3. The highest BCUT2D eigenvalue weighted by Crippen LogP contribution is 2.32. The Morgan fingerprint density at radius 1 is 1.21 bits per heavy atom. The summed E-state index contributed by atoms with van der Waals surface area (Å²) in [6.45, 7) is 4.35. The number of rotatable bonds is 2. The van der Waals surface area contributed by atoms with E-state index in [4.69, 9.17) is 5.73 Å². The summed E-state index contributed by atoms with van der Waals surface area (Å²) in [4.78, 5) is 13.7. The van der Waals surface area contributed by atoms with Crippen molar-refractivity contribution in [1.29, 1.82) is 0 Å². The van der Waals surface area contributed by atoms with Crippen molar-refractivity contribution < 1.29 is 0 Å². The lowest BCUT2D eigenvalue weighted by atomic mass is 10.2. The molecule has 1 aliphatic rings. The van der Waals surface area contributed by atoms with Crippen LogP contribution in [0.1, 0.15) is 37.5 Å². The number of nitrogens with two attached hydrogens (primary N) is 1. The van der Waals surface area contributed by atoms with E-state index in [0.29, 0.717) is 5.95 Å². The molecule has 0 amide bonds. The van der Waals surface area contributed by atoms with Gasteiger partial charge in [-0.25, -0.2) is 4.98 Å². The van der Waals surface area contributed by atoms with Crippen LogP contribution in [-0.4, -0.2) is 23.1 Å². The third kappa shape index (κ3) is 2.52. The van der Waals surface area contributed by atoms with Crippen molar-refractivity contribution >= 4 is 33.3 Å². The average molecular weight is 276 g/mol. The molecule has 0 spiro atoms. The third-order valence-electron chi connectivity index (χ3n) is 3.70. The second-order valence-electron chi connectivity index (χ2n) is 5.09. The number of anilines is 2. The van der Waals surface area contributed by atoms with Crippen LogP contribution in [0.4, 0.5) is 11.8 Å². The van der Waals surface area contributed by atoms with Crippen LogP contribution in [0.3, 0.4) is 0 Å². The smallest absolute Gasteiger partial charge is 0.223 e. The summed E-state index contributed by atoms with van der Waals surface area (Å²) in [5.41, 5.74) is 5.88. The van der Waals surface area contributed by atoms with Gasteiger partial charge in [-0.1, -0.05) is 19.8 Å². The quantitative estimate of drug-likeness (QED) is 0.915. The van der Waals surface area contributed by atoms with E-state index in [2.05, 4.69) is 27.9 Å². The lowest BCUT2D eigenvalue weighted by Crippen LogP contribution is -2.25. The fraction of sp³-hybridized carbons (Fsp3) is 0.571. The van der Waals surface area contributed by atoms with E-state index in [-0.39, 0.29) is 0 Å². The van der Waals surface area contributed by atoms with E-state index < -0.39 is 0 Å². The van der Waals surface area contributed by atoms with Crippen molar-refractivity contribution in [2.45, 2.75) is 39.0 Å². The second kappa shape index (κ2) is 5.33. The molecule has 0 atom stereocenters. The van der Waals surface area contributed by atoms with Gasteiger partial charge >= 0.3 is 0 Å². The molecule has 0 aliphatic carbocycles. The van der Waals surface area contributed by atoms with Gasteiger partial charge in [-0.05, 0) is 25.3 Å². The van der Waals surface area contributed by atoms with Crippen molar-refractivity contribution in [2.24, 2.45) is 0 Å². The van der Waals surface area contributed by atoms with E-state index in [1.807, 2.05) is 0 Å². The summed E-state index contributed by atoms with van der Waals surface area (Å²) in [6.07, 6.45) is 6.18. The van der Waals surface area contributed by atoms with Gasteiger partial charge < -0.3 is 10.6 Å². The molecular weight excluding hydrogens is 256 g/mol.